The van der Waals surface area contributed by atoms with Crippen molar-refractivity contribution in [1.29, 1.82) is 0 Å². The van der Waals surface area contributed by atoms with Crippen LogP contribution in [0.1, 0.15) is 52.9 Å². The average Bonchev–Trinajstić information content (AvgIpc) is 2.87. The molecule has 2 aliphatic carbocycles. The molecule has 82 valence electrons. The number of hydrogen-bond donors (Lipinski definition) is 1. The number of hydrogen-bond acceptors (Lipinski definition) is 1. The Bertz CT molecular complexity index is 182. The summed E-state index contributed by atoms with van der Waals surface area (Å²) in [4.78, 5) is 0. The smallest absolute Gasteiger partial charge is 0.0103 e. The fourth-order valence-corrected chi connectivity index (χ4v) is 2.95. The maximum Gasteiger partial charge on any atom is 0.0103 e. The molecule has 0 saturated heterocycles. The Hall–Kier alpha value is -0.0400. The summed E-state index contributed by atoms with van der Waals surface area (Å²) in [6.45, 7) is 7.20. The van der Waals surface area contributed by atoms with Gasteiger partial charge in [-0.1, -0.05) is 27.2 Å². The highest BCUT2D eigenvalue weighted by Gasteiger charge is 2.34. The summed E-state index contributed by atoms with van der Waals surface area (Å²) in [5.41, 5.74) is 0. The van der Waals surface area contributed by atoms with Gasteiger partial charge in [-0.05, 0) is 43.4 Å². The van der Waals surface area contributed by atoms with Crippen LogP contribution in [0.15, 0.2) is 0 Å². The normalized spacial score (nSPS) is 39.0. The van der Waals surface area contributed by atoms with Gasteiger partial charge in [-0.25, -0.2) is 0 Å². The number of nitrogens with one attached hydrogen (secondary N) is 1. The average molecular weight is 195 g/mol. The molecule has 2 aliphatic rings. The first-order valence-corrected chi connectivity index (χ1v) is 6.43. The Morgan fingerprint density at radius 1 is 1.07 bits per heavy atom. The van der Waals surface area contributed by atoms with Gasteiger partial charge in [0, 0.05) is 12.1 Å². The standard InChI is InChI=1S/C13H25N/c1-9(2)12-7-4-10(3)8-13(12)14-11-5-6-11/h9-14H,4-8H2,1-3H3/t10-,12-,13+/m1/s1. The molecular formula is C13H25N. The van der Waals surface area contributed by atoms with Crippen molar-refractivity contribution in [2.45, 2.75) is 65.0 Å². The van der Waals surface area contributed by atoms with E-state index in [2.05, 4.69) is 26.1 Å². The molecule has 0 spiro atoms. The summed E-state index contributed by atoms with van der Waals surface area (Å²) in [5.74, 6) is 2.74. The second-order valence-corrected chi connectivity index (χ2v) is 5.87. The Morgan fingerprint density at radius 2 is 1.79 bits per heavy atom. The minimum absolute atomic E-state index is 0.825. The van der Waals surface area contributed by atoms with Gasteiger partial charge in [-0.3, -0.25) is 0 Å². The zero-order valence-electron chi connectivity index (χ0n) is 9.92. The van der Waals surface area contributed by atoms with Crippen LogP contribution in [0.5, 0.6) is 0 Å². The second kappa shape index (κ2) is 4.22. The third kappa shape index (κ3) is 2.50. The molecule has 0 bridgehead atoms. The molecule has 1 nitrogen and oxygen atoms in total. The first-order chi connectivity index (χ1) is 6.66. The lowest BCUT2D eigenvalue weighted by molar-refractivity contribution is 0.169. The molecule has 0 aromatic rings. The Labute approximate surface area is 88.7 Å². The van der Waals surface area contributed by atoms with Crippen LogP contribution in [0.25, 0.3) is 0 Å². The molecule has 0 aliphatic heterocycles. The molecule has 14 heavy (non-hydrogen) atoms. The van der Waals surface area contributed by atoms with Crippen molar-refractivity contribution in [2.24, 2.45) is 17.8 Å². The van der Waals surface area contributed by atoms with Gasteiger partial charge in [-0.2, -0.15) is 0 Å². The molecular weight excluding hydrogens is 170 g/mol. The van der Waals surface area contributed by atoms with Crippen LogP contribution < -0.4 is 5.32 Å². The summed E-state index contributed by atoms with van der Waals surface area (Å²) in [6, 6.07) is 1.71. The molecule has 1 N–H and O–H groups in total. The van der Waals surface area contributed by atoms with Crippen molar-refractivity contribution in [3.8, 4) is 0 Å². The zero-order valence-corrected chi connectivity index (χ0v) is 9.92. The third-order valence-electron chi connectivity index (χ3n) is 4.05. The molecule has 3 atom stereocenters. The topological polar surface area (TPSA) is 12.0 Å². The molecule has 1 heteroatoms. The van der Waals surface area contributed by atoms with E-state index in [4.69, 9.17) is 0 Å². The van der Waals surface area contributed by atoms with Crippen molar-refractivity contribution in [1.82, 2.24) is 5.32 Å². The lowest BCUT2D eigenvalue weighted by Crippen LogP contribution is -2.43. The van der Waals surface area contributed by atoms with Gasteiger partial charge in [0.1, 0.15) is 0 Å². The predicted octanol–water partition coefficient (Wildman–Crippen LogP) is 3.20. The van der Waals surface area contributed by atoms with Gasteiger partial charge >= 0.3 is 0 Å². The third-order valence-corrected chi connectivity index (χ3v) is 4.05. The predicted molar refractivity (Wildman–Crippen MR) is 61.3 cm³/mol. The van der Waals surface area contributed by atoms with E-state index in [1.54, 1.807) is 0 Å². The van der Waals surface area contributed by atoms with Crippen molar-refractivity contribution in [3.05, 3.63) is 0 Å². The summed E-state index contributed by atoms with van der Waals surface area (Å²) < 4.78 is 0. The van der Waals surface area contributed by atoms with Crippen LogP contribution >= 0.6 is 0 Å². The van der Waals surface area contributed by atoms with Crippen molar-refractivity contribution in [2.75, 3.05) is 0 Å². The van der Waals surface area contributed by atoms with Gasteiger partial charge in [0.2, 0.25) is 0 Å². The summed E-state index contributed by atoms with van der Waals surface area (Å²) >= 11 is 0. The van der Waals surface area contributed by atoms with Crippen molar-refractivity contribution in [3.63, 3.8) is 0 Å². The highest BCUT2D eigenvalue weighted by Crippen LogP contribution is 2.35. The van der Waals surface area contributed by atoms with Crippen molar-refractivity contribution >= 4 is 0 Å². The van der Waals surface area contributed by atoms with E-state index >= 15 is 0 Å². The maximum atomic E-state index is 3.85. The summed E-state index contributed by atoms with van der Waals surface area (Å²) in [6.07, 6.45) is 7.17. The van der Waals surface area contributed by atoms with E-state index in [1.807, 2.05) is 0 Å². The van der Waals surface area contributed by atoms with Crippen molar-refractivity contribution < 1.29 is 0 Å². The zero-order chi connectivity index (χ0) is 10.1. The number of rotatable bonds is 3. The molecule has 0 amide bonds. The molecule has 2 fully saturated rings. The molecule has 0 aromatic carbocycles. The molecule has 0 unspecified atom stereocenters. The Morgan fingerprint density at radius 3 is 2.36 bits per heavy atom. The van der Waals surface area contributed by atoms with Crippen LogP contribution in [-0.4, -0.2) is 12.1 Å². The molecule has 0 radical (unpaired) electrons. The van der Waals surface area contributed by atoms with E-state index in [0.29, 0.717) is 0 Å². The maximum absolute atomic E-state index is 3.85. The van der Waals surface area contributed by atoms with Gasteiger partial charge in [-0.15, -0.1) is 0 Å². The lowest BCUT2D eigenvalue weighted by Gasteiger charge is -2.38. The van der Waals surface area contributed by atoms with E-state index in [0.717, 1.165) is 29.8 Å². The molecule has 0 heterocycles. The summed E-state index contributed by atoms with van der Waals surface area (Å²) in [7, 11) is 0. The Kier molecular flexibility index (Phi) is 3.16. The van der Waals surface area contributed by atoms with E-state index in [-0.39, 0.29) is 0 Å². The largest absolute Gasteiger partial charge is 0.311 e. The van der Waals surface area contributed by atoms with Crippen LogP contribution in [0.4, 0.5) is 0 Å². The molecule has 0 aromatic heterocycles. The first kappa shape index (κ1) is 10.5. The minimum atomic E-state index is 0.825. The van der Waals surface area contributed by atoms with Crippen LogP contribution in [0.3, 0.4) is 0 Å². The minimum Gasteiger partial charge on any atom is -0.311 e. The summed E-state index contributed by atoms with van der Waals surface area (Å²) in [5, 5.41) is 3.85. The Balaban J connectivity index is 1.91. The SMILES string of the molecule is CC(C)[C@H]1CC[C@@H](C)C[C@@H]1NC1CC1. The monoisotopic (exact) mass is 195 g/mol. The second-order valence-electron chi connectivity index (χ2n) is 5.87. The van der Waals surface area contributed by atoms with Gasteiger partial charge in [0.15, 0.2) is 0 Å². The lowest BCUT2D eigenvalue weighted by atomic mass is 9.74. The van der Waals surface area contributed by atoms with Gasteiger partial charge in [0.25, 0.3) is 0 Å². The van der Waals surface area contributed by atoms with E-state index < -0.39 is 0 Å². The molecule has 2 rings (SSSR count). The van der Waals surface area contributed by atoms with E-state index in [9.17, 15) is 0 Å². The van der Waals surface area contributed by atoms with Gasteiger partial charge < -0.3 is 5.32 Å². The highest BCUT2D eigenvalue weighted by atomic mass is 15.0. The van der Waals surface area contributed by atoms with Crippen LogP contribution in [0.2, 0.25) is 0 Å². The van der Waals surface area contributed by atoms with Gasteiger partial charge in [0.05, 0.1) is 0 Å². The highest BCUT2D eigenvalue weighted by molar-refractivity contribution is 4.91. The molecule has 2 saturated carbocycles. The fraction of sp³-hybridized carbons (Fsp3) is 1.00. The van der Waals surface area contributed by atoms with E-state index in [1.165, 1.54) is 32.1 Å². The fourth-order valence-electron chi connectivity index (χ4n) is 2.95. The first-order valence-electron chi connectivity index (χ1n) is 6.43. The van der Waals surface area contributed by atoms with Crippen LogP contribution in [0, 0.1) is 17.8 Å². The van der Waals surface area contributed by atoms with Crippen LogP contribution in [-0.2, 0) is 0 Å². The quantitative estimate of drug-likeness (QED) is 0.729.